The Morgan fingerprint density at radius 3 is 2.88 bits per heavy atom. The van der Waals surface area contributed by atoms with Crippen LogP contribution in [0.25, 0.3) is 0 Å². The van der Waals surface area contributed by atoms with Gasteiger partial charge in [-0.05, 0) is 0 Å². The molecule has 4 heteroatoms. The first kappa shape index (κ1) is 5.50. The molecule has 0 saturated carbocycles. The van der Waals surface area contributed by atoms with Crippen molar-refractivity contribution in [2.24, 2.45) is 0 Å². The van der Waals surface area contributed by atoms with Crippen LogP contribution in [0.3, 0.4) is 0 Å². The number of rotatable bonds is 1. The van der Waals surface area contributed by atoms with Crippen LogP contribution in [0.1, 0.15) is 6.42 Å². The fraction of sp³-hybridized carbons (Fsp3) is 0.750. The van der Waals surface area contributed by atoms with Gasteiger partial charge in [-0.15, -0.1) is 0 Å². The van der Waals surface area contributed by atoms with Crippen molar-refractivity contribution < 1.29 is 4.92 Å². The van der Waals surface area contributed by atoms with Crippen LogP contribution in [-0.2, 0) is 0 Å². The molecule has 0 aromatic carbocycles. The monoisotopic (exact) mass is 115 g/mol. The minimum atomic E-state index is -0.449. The molecular weight excluding hydrogens is 108 g/mol. The average molecular weight is 115 g/mol. The maximum atomic E-state index is 9.94. The summed E-state index contributed by atoms with van der Waals surface area (Å²) >= 11 is 0. The van der Waals surface area contributed by atoms with Crippen molar-refractivity contribution in [1.29, 1.82) is 0 Å². The Kier molecular flexibility index (Phi) is 1.43. The summed E-state index contributed by atoms with van der Waals surface area (Å²) in [6.07, 6.45) is 0.632. The highest BCUT2D eigenvalue weighted by Crippen LogP contribution is 2.04. The van der Waals surface area contributed by atoms with Gasteiger partial charge in [0.25, 0.3) is 0 Å². The predicted molar refractivity (Wildman–Crippen MR) is 27.7 cm³/mol. The SMILES string of the molecule is O=[N+]([O-])C1[CH]NCC1. The Labute approximate surface area is 47.0 Å². The van der Waals surface area contributed by atoms with Gasteiger partial charge in [0.05, 0.1) is 6.54 Å². The molecule has 0 bridgehead atoms. The summed E-state index contributed by atoms with van der Waals surface area (Å²) in [7, 11) is 0. The molecule has 1 unspecified atom stereocenters. The molecule has 0 aromatic rings. The molecule has 1 rings (SSSR count). The lowest BCUT2D eigenvalue weighted by Crippen LogP contribution is -2.16. The van der Waals surface area contributed by atoms with E-state index >= 15 is 0 Å². The minimum absolute atomic E-state index is 0.278. The highest BCUT2D eigenvalue weighted by atomic mass is 16.6. The molecular formula is C4H7N2O2. The molecule has 1 saturated heterocycles. The third kappa shape index (κ3) is 0.949. The number of hydrogen-bond acceptors (Lipinski definition) is 3. The summed E-state index contributed by atoms with van der Waals surface area (Å²) in [6.45, 7) is 2.27. The molecule has 1 radical (unpaired) electrons. The third-order valence-electron chi connectivity index (χ3n) is 1.17. The van der Waals surface area contributed by atoms with Gasteiger partial charge in [0.2, 0.25) is 6.04 Å². The fourth-order valence-corrected chi connectivity index (χ4v) is 0.700. The van der Waals surface area contributed by atoms with Gasteiger partial charge in [-0.2, -0.15) is 0 Å². The first-order valence-electron chi connectivity index (χ1n) is 2.51. The first-order valence-corrected chi connectivity index (χ1v) is 2.51. The lowest BCUT2D eigenvalue weighted by atomic mass is 10.3. The second-order valence-electron chi connectivity index (χ2n) is 1.76. The van der Waals surface area contributed by atoms with E-state index < -0.39 is 6.04 Å². The van der Waals surface area contributed by atoms with Crippen molar-refractivity contribution in [3.8, 4) is 0 Å². The fourth-order valence-electron chi connectivity index (χ4n) is 0.700. The number of nitrogens with one attached hydrogen (secondary N) is 1. The van der Waals surface area contributed by atoms with E-state index in [1.807, 2.05) is 0 Å². The minimum Gasteiger partial charge on any atom is -0.306 e. The van der Waals surface area contributed by atoms with E-state index in [0.717, 1.165) is 6.54 Å². The molecule has 1 atom stereocenters. The topological polar surface area (TPSA) is 55.2 Å². The van der Waals surface area contributed by atoms with Crippen molar-refractivity contribution in [1.82, 2.24) is 5.32 Å². The second-order valence-corrected chi connectivity index (χ2v) is 1.76. The van der Waals surface area contributed by atoms with E-state index in [1.165, 1.54) is 6.54 Å². The summed E-state index contributed by atoms with van der Waals surface area (Å²) < 4.78 is 0. The van der Waals surface area contributed by atoms with Crippen LogP contribution in [0.15, 0.2) is 0 Å². The molecule has 0 amide bonds. The van der Waals surface area contributed by atoms with E-state index in [0.29, 0.717) is 6.42 Å². The maximum absolute atomic E-state index is 9.94. The van der Waals surface area contributed by atoms with Crippen molar-refractivity contribution in [3.63, 3.8) is 0 Å². The van der Waals surface area contributed by atoms with Crippen LogP contribution in [0.2, 0.25) is 0 Å². The van der Waals surface area contributed by atoms with Crippen LogP contribution < -0.4 is 5.32 Å². The van der Waals surface area contributed by atoms with E-state index in [4.69, 9.17) is 0 Å². The Hall–Kier alpha value is -0.640. The highest BCUT2D eigenvalue weighted by molar-refractivity contribution is 4.81. The zero-order chi connectivity index (χ0) is 5.98. The summed E-state index contributed by atoms with van der Waals surface area (Å²) in [4.78, 5) is 9.66. The van der Waals surface area contributed by atoms with Gasteiger partial charge in [0.15, 0.2) is 0 Å². The van der Waals surface area contributed by atoms with Crippen LogP contribution in [0, 0.1) is 16.7 Å². The molecule has 1 aliphatic rings. The van der Waals surface area contributed by atoms with E-state index in [-0.39, 0.29) is 4.92 Å². The molecule has 8 heavy (non-hydrogen) atoms. The molecule has 1 aliphatic heterocycles. The number of hydrogen-bond donors (Lipinski definition) is 1. The molecule has 1 N–H and O–H groups in total. The molecule has 0 aliphatic carbocycles. The lowest BCUT2D eigenvalue weighted by molar-refractivity contribution is -0.511. The van der Waals surface area contributed by atoms with Crippen LogP contribution in [-0.4, -0.2) is 17.5 Å². The van der Waals surface area contributed by atoms with Gasteiger partial charge in [0, 0.05) is 17.9 Å². The molecule has 0 spiro atoms. The average Bonchev–Trinajstić information content (AvgIpc) is 2.12. The van der Waals surface area contributed by atoms with E-state index in [1.54, 1.807) is 0 Å². The third-order valence-corrected chi connectivity index (χ3v) is 1.17. The maximum Gasteiger partial charge on any atom is 0.231 e. The summed E-state index contributed by atoms with van der Waals surface area (Å²) in [5, 5.41) is 12.7. The van der Waals surface area contributed by atoms with Crippen LogP contribution >= 0.6 is 0 Å². The van der Waals surface area contributed by atoms with Gasteiger partial charge in [-0.1, -0.05) is 0 Å². The Morgan fingerprint density at radius 1 is 1.88 bits per heavy atom. The first-order chi connectivity index (χ1) is 3.80. The van der Waals surface area contributed by atoms with E-state index in [9.17, 15) is 10.1 Å². The van der Waals surface area contributed by atoms with Gasteiger partial charge in [-0.25, -0.2) is 0 Å². The smallest absolute Gasteiger partial charge is 0.231 e. The summed E-state index contributed by atoms with van der Waals surface area (Å²) in [5.41, 5.74) is 0. The Balaban J connectivity index is 2.35. The van der Waals surface area contributed by atoms with Crippen molar-refractivity contribution in [2.45, 2.75) is 12.5 Å². The van der Waals surface area contributed by atoms with Gasteiger partial charge in [0.1, 0.15) is 0 Å². The van der Waals surface area contributed by atoms with Gasteiger partial charge in [-0.3, -0.25) is 10.1 Å². The van der Waals surface area contributed by atoms with Crippen molar-refractivity contribution >= 4 is 0 Å². The lowest BCUT2D eigenvalue weighted by Gasteiger charge is -1.93. The largest absolute Gasteiger partial charge is 0.306 e. The Bertz CT molecular complexity index is 98.2. The molecule has 1 fully saturated rings. The van der Waals surface area contributed by atoms with Crippen molar-refractivity contribution in [2.75, 3.05) is 6.54 Å². The molecule has 45 valence electrons. The van der Waals surface area contributed by atoms with Gasteiger partial charge >= 0.3 is 0 Å². The number of nitrogens with zero attached hydrogens (tertiary/aromatic N) is 1. The highest BCUT2D eigenvalue weighted by Gasteiger charge is 2.24. The van der Waals surface area contributed by atoms with Crippen LogP contribution in [0.5, 0.6) is 0 Å². The zero-order valence-corrected chi connectivity index (χ0v) is 4.33. The normalized spacial score (nSPS) is 28.2. The summed E-state index contributed by atoms with van der Waals surface area (Å²) in [6, 6.07) is -0.449. The predicted octanol–water partition coefficient (Wildman–Crippen LogP) is -0.213. The standard InChI is InChI=1S/C4H7N2O2/c7-6(8)4-1-2-5-3-4/h3-5H,1-2H2. The Morgan fingerprint density at radius 2 is 2.62 bits per heavy atom. The second kappa shape index (κ2) is 2.09. The van der Waals surface area contributed by atoms with Crippen LogP contribution in [0.4, 0.5) is 0 Å². The quantitative estimate of drug-likeness (QED) is 0.380. The molecule has 4 nitrogen and oxygen atoms in total. The number of nitro groups is 1. The van der Waals surface area contributed by atoms with E-state index in [2.05, 4.69) is 5.32 Å². The molecule has 0 aromatic heterocycles. The zero-order valence-electron chi connectivity index (χ0n) is 4.33. The van der Waals surface area contributed by atoms with Gasteiger partial charge < -0.3 is 5.32 Å². The molecule has 1 heterocycles. The summed E-state index contributed by atoms with van der Waals surface area (Å²) in [5.74, 6) is 0. The van der Waals surface area contributed by atoms with Crippen molar-refractivity contribution in [3.05, 3.63) is 16.7 Å².